The molecule has 0 radical (unpaired) electrons. The van der Waals surface area contributed by atoms with E-state index in [4.69, 9.17) is 0 Å². The zero-order valence-electron chi connectivity index (χ0n) is 12.9. The first kappa shape index (κ1) is 18.0. The van der Waals surface area contributed by atoms with Crippen LogP contribution in [0.25, 0.3) is 0 Å². The van der Waals surface area contributed by atoms with Gasteiger partial charge in [-0.25, -0.2) is 0 Å². The fourth-order valence-corrected chi connectivity index (χ4v) is 2.75. The summed E-state index contributed by atoms with van der Waals surface area (Å²) in [6, 6.07) is 10.1. The van der Waals surface area contributed by atoms with Crippen LogP contribution in [0.1, 0.15) is 39.0 Å². The number of amides is 1. The first-order valence-electron chi connectivity index (χ1n) is 7.87. The Hall–Kier alpha value is -1.06. The molecule has 1 atom stereocenters. The molecule has 0 aliphatic carbocycles. The summed E-state index contributed by atoms with van der Waals surface area (Å²) < 4.78 is 0. The number of carbonyl (C=O) groups excluding carboxylic acids is 1. The fraction of sp³-hybridized carbons (Fsp3) is 0.588. The van der Waals surface area contributed by atoms with E-state index >= 15 is 0 Å². The van der Waals surface area contributed by atoms with E-state index in [2.05, 4.69) is 12.2 Å². The van der Waals surface area contributed by atoms with Gasteiger partial charge in [0.2, 0.25) is 5.91 Å². The third-order valence-electron chi connectivity index (χ3n) is 4.03. The van der Waals surface area contributed by atoms with Crippen molar-refractivity contribution in [2.75, 3.05) is 24.5 Å². The van der Waals surface area contributed by atoms with Crippen LogP contribution >= 0.6 is 12.4 Å². The minimum absolute atomic E-state index is 0. The summed E-state index contributed by atoms with van der Waals surface area (Å²) >= 11 is 0. The number of carbonyl (C=O) groups is 1. The molecule has 0 bridgehead atoms. The standard InChI is InChI=1S/C17H26N2O.ClH/c1-2-3-13-19(16-7-5-4-6-8-16)17(20)10-9-15-11-12-18-14-15;/h4-8,15,18H,2-3,9-14H2,1H3;1H. The predicted octanol–water partition coefficient (Wildman–Crippen LogP) is 3.63. The minimum Gasteiger partial charge on any atom is -0.316 e. The summed E-state index contributed by atoms with van der Waals surface area (Å²) in [6.45, 7) is 5.19. The maximum atomic E-state index is 12.5. The molecule has 1 aromatic rings. The molecule has 1 aliphatic heterocycles. The molecule has 1 aromatic carbocycles. The Balaban J connectivity index is 0.00000220. The van der Waals surface area contributed by atoms with Crippen molar-refractivity contribution in [3.05, 3.63) is 30.3 Å². The molecule has 1 N–H and O–H groups in total. The first-order valence-corrected chi connectivity index (χ1v) is 7.87. The van der Waals surface area contributed by atoms with E-state index in [1.807, 2.05) is 35.2 Å². The van der Waals surface area contributed by atoms with Gasteiger partial charge in [-0.1, -0.05) is 31.5 Å². The van der Waals surface area contributed by atoms with Crippen LogP contribution in [-0.4, -0.2) is 25.5 Å². The van der Waals surface area contributed by atoms with Crippen molar-refractivity contribution in [1.29, 1.82) is 0 Å². The van der Waals surface area contributed by atoms with E-state index in [1.54, 1.807) is 0 Å². The van der Waals surface area contributed by atoms with Crippen LogP contribution in [0.5, 0.6) is 0 Å². The second kappa shape index (κ2) is 9.80. The number of benzene rings is 1. The number of hydrogen-bond acceptors (Lipinski definition) is 2. The Bertz CT molecular complexity index is 405. The Labute approximate surface area is 134 Å². The Morgan fingerprint density at radius 1 is 1.33 bits per heavy atom. The first-order chi connectivity index (χ1) is 9.81. The van der Waals surface area contributed by atoms with E-state index in [0.717, 1.165) is 44.6 Å². The largest absolute Gasteiger partial charge is 0.316 e. The van der Waals surface area contributed by atoms with Gasteiger partial charge in [-0.3, -0.25) is 4.79 Å². The predicted molar refractivity (Wildman–Crippen MR) is 91.2 cm³/mol. The SMILES string of the molecule is CCCCN(C(=O)CCC1CCNC1)c1ccccc1.Cl. The van der Waals surface area contributed by atoms with Gasteiger partial charge in [0.05, 0.1) is 0 Å². The van der Waals surface area contributed by atoms with Crippen molar-refractivity contribution in [3.63, 3.8) is 0 Å². The van der Waals surface area contributed by atoms with Crippen molar-refractivity contribution in [2.24, 2.45) is 5.92 Å². The van der Waals surface area contributed by atoms with Crippen molar-refractivity contribution in [2.45, 2.75) is 39.0 Å². The molecular formula is C17H27ClN2O. The lowest BCUT2D eigenvalue weighted by molar-refractivity contribution is -0.118. The molecule has 1 amide bonds. The van der Waals surface area contributed by atoms with E-state index in [9.17, 15) is 4.79 Å². The van der Waals surface area contributed by atoms with Crippen LogP contribution in [0.15, 0.2) is 30.3 Å². The van der Waals surface area contributed by atoms with Gasteiger partial charge in [0.1, 0.15) is 0 Å². The van der Waals surface area contributed by atoms with Gasteiger partial charge in [0, 0.05) is 18.7 Å². The van der Waals surface area contributed by atoms with Gasteiger partial charge in [-0.2, -0.15) is 0 Å². The molecule has 1 heterocycles. The van der Waals surface area contributed by atoms with Crippen LogP contribution in [0.3, 0.4) is 0 Å². The number of rotatable bonds is 7. The topological polar surface area (TPSA) is 32.3 Å². The quantitative estimate of drug-likeness (QED) is 0.834. The highest BCUT2D eigenvalue weighted by Gasteiger charge is 2.19. The van der Waals surface area contributed by atoms with Crippen LogP contribution in [0, 0.1) is 5.92 Å². The minimum atomic E-state index is 0. The van der Waals surface area contributed by atoms with E-state index < -0.39 is 0 Å². The summed E-state index contributed by atoms with van der Waals surface area (Å²) in [6.07, 6.45) is 5.08. The molecule has 0 saturated carbocycles. The molecule has 0 aromatic heterocycles. The number of unbranched alkanes of at least 4 members (excludes halogenated alkanes) is 1. The van der Waals surface area contributed by atoms with Gasteiger partial charge in [0.15, 0.2) is 0 Å². The second-order valence-corrected chi connectivity index (χ2v) is 5.63. The molecule has 21 heavy (non-hydrogen) atoms. The summed E-state index contributed by atoms with van der Waals surface area (Å²) in [5.41, 5.74) is 1.04. The molecule has 0 spiro atoms. The molecule has 1 aliphatic rings. The highest BCUT2D eigenvalue weighted by molar-refractivity contribution is 5.93. The lowest BCUT2D eigenvalue weighted by Gasteiger charge is -2.23. The molecule has 3 nitrogen and oxygen atoms in total. The summed E-state index contributed by atoms with van der Waals surface area (Å²) in [7, 11) is 0. The molecule has 2 rings (SSSR count). The highest BCUT2D eigenvalue weighted by Crippen LogP contribution is 2.19. The number of anilines is 1. The highest BCUT2D eigenvalue weighted by atomic mass is 35.5. The molecule has 1 fully saturated rings. The van der Waals surface area contributed by atoms with Crippen LogP contribution < -0.4 is 10.2 Å². The maximum Gasteiger partial charge on any atom is 0.226 e. The smallest absolute Gasteiger partial charge is 0.226 e. The number of para-hydroxylation sites is 1. The summed E-state index contributed by atoms with van der Waals surface area (Å²) in [4.78, 5) is 14.5. The Morgan fingerprint density at radius 2 is 2.10 bits per heavy atom. The normalized spacial score (nSPS) is 17.3. The number of nitrogens with one attached hydrogen (secondary N) is 1. The number of halogens is 1. The molecule has 118 valence electrons. The number of nitrogens with zero attached hydrogens (tertiary/aromatic N) is 1. The van der Waals surface area contributed by atoms with E-state index in [0.29, 0.717) is 12.3 Å². The zero-order chi connectivity index (χ0) is 14.2. The van der Waals surface area contributed by atoms with Crippen LogP contribution in [-0.2, 0) is 4.79 Å². The molecule has 1 unspecified atom stereocenters. The molecule has 4 heteroatoms. The number of hydrogen-bond donors (Lipinski definition) is 1. The van der Waals surface area contributed by atoms with Gasteiger partial charge >= 0.3 is 0 Å². The van der Waals surface area contributed by atoms with Crippen molar-refractivity contribution in [3.8, 4) is 0 Å². The van der Waals surface area contributed by atoms with Crippen molar-refractivity contribution in [1.82, 2.24) is 5.32 Å². The van der Waals surface area contributed by atoms with Gasteiger partial charge in [-0.15, -0.1) is 12.4 Å². The zero-order valence-corrected chi connectivity index (χ0v) is 13.7. The lowest BCUT2D eigenvalue weighted by atomic mass is 10.0. The average Bonchev–Trinajstić information content (AvgIpc) is 3.00. The second-order valence-electron chi connectivity index (χ2n) is 5.63. The Kier molecular flexibility index (Phi) is 8.40. The third kappa shape index (κ3) is 5.68. The molecular weight excluding hydrogens is 284 g/mol. The summed E-state index contributed by atoms with van der Waals surface area (Å²) in [5, 5.41) is 3.37. The van der Waals surface area contributed by atoms with Gasteiger partial charge in [-0.05, 0) is 50.4 Å². The Morgan fingerprint density at radius 3 is 2.71 bits per heavy atom. The summed E-state index contributed by atoms with van der Waals surface area (Å²) in [5.74, 6) is 0.958. The van der Waals surface area contributed by atoms with Crippen LogP contribution in [0.4, 0.5) is 5.69 Å². The third-order valence-corrected chi connectivity index (χ3v) is 4.03. The monoisotopic (exact) mass is 310 g/mol. The fourth-order valence-electron chi connectivity index (χ4n) is 2.75. The van der Waals surface area contributed by atoms with Crippen LogP contribution in [0.2, 0.25) is 0 Å². The molecule has 1 saturated heterocycles. The van der Waals surface area contributed by atoms with Crippen molar-refractivity contribution < 1.29 is 4.79 Å². The van der Waals surface area contributed by atoms with Crippen molar-refractivity contribution >= 4 is 24.0 Å². The van der Waals surface area contributed by atoms with Gasteiger partial charge in [0.25, 0.3) is 0 Å². The average molecular weight is 311 g/mol. The van der Waals surface area contributed by atoms with Gasteiger partial charge < -0.3 is 10.2 Å². The van der Waals surface area contributed by atoms with E-state index in [-0.39, 0.29) is 18.3 Å². The maximum absolute atomic E-state index is 12.5. The lowest BCUT2D eigenvalue weighted by Crippen LogP contribution is -2.32. The van der Waals surface area contributed by atoms with E-state index in [1.165, 1.54) is 6.42 Å².